The van der Waals surface area contributed by atoms with Crippen molar-refractivity contribution in [2.75, 3.05) is 31.8 Å². The van der Waals surface area contributed by atoms with E-state index in [-0.39, 0.29) is 2.74 Å². The highest BCUT2D eigenvalue weighted by molar-refractivity contribution is 9.28. The minimum atomic E-state index is -0.853. The summed E-state index contributed by atoms with van der Waals surface area (Å²) < 4.78 is 0.204. The second kappa shape index (κ2) is 10.3. The van der Waals surface area contributed by atoms with E-state index in [0.717, 1.165) is 20.3 Å². The molecular formula is C8H18S10. The predicted octanol–water partition coefficient (Wildman–Crippen LogP) is 5.85. The van der Waals surface area contributed by atoms with E-state index >= 15 is 0 Å². The summed E-state index contributed by atoms with van der Waals surface area (Å²) >= 11 is 23.9. The van der Waals surface area contributed by atoms with Crippen molar-refractivity contribution in [3.05, 3.63) is 0 Å². The molecule has 0 bridgehead atoms. The van der Waals surface area contributed by atoms with E-state index in [1.54, 1.807) is 0 Å². The average Bonchev–Trinajstić information content (AvgIpc) is 2.34. The van der Waals surface area contributed by atoms with Crippen molar-refractivity contribution >= 4 is 115 Å². The molecule has 1 fully saturated rings. The predicted molar refractivity (Wildman–Crippen MR) is 118 cm³/mol. The van der Waals surface area contributed by atoms with Gasteiger partial charge < -0.3 is 0 Å². The normalized spacial score (nSPS) is 23.8. The summed E-state index contributed by atoms with van der Waals surface area (Å²) in [5.74, 6) is 2.55. The van der Waals surface area contributed by atoms with Crippen molar-refractivity contribution in [1.29, 1.82) is 0 Å². The van der Waals surface area contributed by atoms with E-state index in [0.29, 0.717) is 0 Å². The Hall–Kier alpha value is 3.50. The summed E-state index contributed by atoms with van der Waals surface area (Å²) in [4.78, 5) is 0. The molecule has 10 heteroatoms. The summed E-state index contributed by atoms with van der Waals surface area (Å²) in [7, 11) is 3.23. The molecule has 110 valence electrons. The molecule has 1 aliphatic rings. The molecule has 0 unspecified atom stereocenters. The number of rotatable bonds is 8. The Morgan fingerprint density at radius 2 is 1.50 bits per heavy atom. The van der Waals surface area contributed by atoms with E-state index < -0.39 is 8.09 Å². The van der Waals surface area contributed by atoms with Gasteiger partial charge in [-0.1, -0.05) is 21.6 Å². The molecule has 1 saturated heterocycles. The number of hydrogen-bond acceptors (Lipinski definition) is 9. The fraction of sp³-hybridized carbons (Fsp3) is 1.00. The molecule has 0 amide bonds. The van der Waals surface area contributed by atoms with Crippen LogP contribution in [0.25, 0.3) is 0 Å². The van der Waals surface area contributed by atoms with Crippen molar-refractivity contribution < 1.29 is 0 Å². The van der Waals surface area contributed by atoms with Gasteiger partial charge in [0.2, 0.25) is 0 Å². The smallest absolute Gasteiger partial charge is 0.156 e. The molecule has 0 radical (unpaired) electrons. The minimum absolute atomic E-state index is 0.204. The SMILES string of the molecule is SCSC1(SCS)SCCCS1(SCS)SCS. The monoisotopic (exact) mass is 434 g/mol. The Bertz CT molecular complexity index is 187. The Morgan fingerprint density at radius 1 is 0.944 bits per heavy atom. The maximum absolute atomic E-state index is 4.47. The molecule has 0 saturated carbocycles. The van der Waals surface area contributed by atoms with Crippen LogP contribution in [0, 0.1) is 0 Å². The molecular weight excluding hydrogens is 417 g/mol. The molecule has 1 aliphatic heterocycles. The first-order chi connectivity index (χ1) is 8.70. The fourth-order valence-corrected chi connectivity index (χ4v) is 27.5. The van der Waals surface area contributed by atoms with E-state index in [1.165, 1.54) is 17.9 Å². The third-order valence-corrected chi connectivity index (χ3v) is 24.0. The van der Waals surface area contributed by atoms with Crippen LogP contribution < -0.4 is 0 Å². The van der Waals surface area contributed by atoms with E-state index in [1.807, 2.05) is 45.1 Å². The third kappa shape index (κ3) is 4.75. The van der Waals surface area contributed by atoms with E-state index in [9.17, 15) is 0 Å². The third-order valence-electron chi connectivity index (χ3n) is 2.19. The Morgan fingerprint density at radius 3 is 1.94 bits per heavy atom. The van der Waals surface area contributed by atoms with Gasteiger partial charge >= 0.3 is 0 Å². The highest BCUT2D eigenvalue weighted by Crippen LogP contribution is 2.87. The highest BCUT2D eigenvalue weighted by Gasteiger charge is 2.51. The van der Waals surface area contributed by atoms with Crippen LogP contribution in [0.3, 0.4) is 0 Å². The first-order valence-corrected chi connectivity index (χ1v) is 15.4. The van der Waals surface area contributed by atoms with Crippen molar-refractivity contribution in [3.63, 3.8) is 0 Å². The lowest BCUT2D eigenvalue weighted by molar-refractivity contribution is 1.11. The first-order valence-electron chi connectivity index (χ1n) is 5.15. The maximum Gasteiger partial charge on any atom is 0.156 e. The van der Waals surface area contributed by atoms with Crippen LogP contribution in [0.5, 0.6) is 0 Å². The molecule has 0 spiro atoms. The minimum Gasteiger partial charge on any atom is -0.168 e. The second-order valence-electron chi connectivity index (χ2n) is 3.06. The molecule has 0 nitrogen and oxygen atoms in total. The maximum atomic E-state index is 4.47. The fourth-order valence-electron chi connectivity index (χ4n) is 1.59. The average molecular weight is 435 g/mol. The van der Waals surface area contributed by atoms with E-state index in [4.69, 9.17) is 0 Å². The van der Waals surface area contributed by atoms with Gasteiger partial charge in [-0.2, -0.15) is 50.5 Å². The second-order valence-corrected chi connectivity index (χ2v) is 20.0. The zero-order valence-corrected chi connectivity index (χ0v) is 18.2. The lowest BCUT2D eigenvalue weighted by Crippen LogP contribution is -2.28. The van der Waals surface area contributed by atoms with Crippen LogP contribution >= 0.6 is 115 Å². The largest absolute Gasteiger partial charge is 0.168 e. The van der Waals surface area contributed by atoms with Gasteiger partial charge in [0.25, 0.3) is 0 Å². The van der Waals surface area contributed by atoms with Gasteiger partial charge in [0, 0.05) is 20.3 Å². The van der Waals surface area contributed by atoms with Crippen molar-refractivity contribution in [1.82, 2.24) is 0 Å². The zero-order chi connectivity index (χ0) is 13.5. The molecule has 1 rings (SSSR count). The van der Waals surface area contributed by atoms with Crippen LogP contribution in [0.2, 0.25) is 0 Å². The number of hydrogen-bond donors (Lipinski definition) is 4. The van der Waals surface area contributed by atoms with Gasteiger partial charge in [0.1, 0.15) is 0 Å². The molecule has 0 aromatic rings. The quantitative estimate of drug-likeness (QED) is 0.214. The Balaban J connectivity index is 3.02. The Kier molecular flexibility index (Phi) is 11.2. The molecule has 0 aromatic heterocycles. The van der Waals surface area contributed by atoms with Crippen LogP contribution in [0.1, 0.15) is 6.42 Å². The number of thiol groups is 4. The molecule has 18 heavy (non-hydrogen) atoms. The zero-order valence-electron chi connectivity index (χ0n) is 9.69. The van der Waals surface area contributed by atoms with Crippen LogP contribution in [0.4, 0.5) is 0 Å². The molecule has 0 aliphatic carbocycles. The number of thioether (sulfide) groups is 3. The van der Waals surface area contributed by atoms with Crippen LogP contribution in [-0.2, 0) is 0 Å². The molecule has 0 aromatic carbocycles. The summed E-state index contributed by atoms with van der Waals surface area (Å²) in [5.41, 5.74) is 0. The van der Waals surface area contributed by atoms with Crippen molar-refractivity contribution in [2.45, 2.75) is 9.16 Å². The lowest BCUT2D eigenvalue weighted by atomic mass is 10.6. The van der Waals surface area contributed by atoms with Gasteiger partial charge in [-0.05, 0) is 17.9 Å². The molecule has 1 heterocycles. The first kappa shape index (κ1) is 19.5. The van der Waals surface area contributed by atoms with Crippen LogP contribution in [0.15, 0.2) is 0 Å². The van der Waals surface area contributed by atoms with Gasteiger partial charge in [-0.25, -0.2) is 0 Å². The summed E-state index contributed by atoms with van der Waals surface area (Å²) in [6, 6.07) is 0. The summed E-state index contributed by atoms with van der Waals surface area (Å²) in [6.07, 6.45) is 1.31. The van der Waals surface area contributed by atoms with Crippen molar-refractivity contribution in [3.8, 4) is 0 Å². The van der Waals surface area contributed by atoms with Gasteiger partial charge in [-0.3, -0.25) is 0 Å². The van der Waals surface area contributed by atoms with Crippen LogP contribution in [-0.4, -0.2) is 34.6 Å². The summed E-state index contributed by atoms with van der Waals surface area (Å²) in [5, 5.41) is 3.50. The highest BCUT2D eigenvalue weighted by atomic mass is 33.6. The lowest BCUT2D eigenvalue weighted by Gasteiger charge is -2.54. The molecule has 0 atom stereocenters. The topological polar surface area (TPSA) is 0 Å². The van der Waals surface area contributed by atoms with Gasteiger partial charge in [0.05, 0.1) is 0 Å². The summed E-state index contributed by atoms with van der Waals surface area (Å²) in [6.45, 7) is 0. The van der Waals surface area contributed by atoms with Gasteiger partial charge in [-0.15, -0.1) is 43.4 Å². The standard InChI is InChI=1S/C8H18S10/c9-4-14-8(15-5-10)13-2-1-3-18(8,16-6-11)17-7-12/h9-12H,1-7H2. The van der Waals surface area contributed by atoms with Gasteiger partial charge in [0.15, 0.2) is 2.74 Å². The Labute approximate surface area is 154 Å². The van der Waals surface area contributed by atoms with Crippen molar-refractivity contribution in [2.24, 2.45) is 0 Å². The molecule has 0 N–H and O–H groups in total. The van der Waals surface area contributed by atoms with E-state index in [2.05, 4.69) is 62.3 Å².